The molecule has 3 nitrogen and oxygen atoms in total. The molecule has 0 aliphatic rings. The molecule has 0 heterocycles. The quantitative estimate of drug-likeness (QED) is 0.384. The van der Waals surface area contributed by atoms with Crippen LogP contribution >= 0.6 is 0 Å². The molecular formula is C23H22O3. The average molecular weight is 346 g/mol. The third-order valence-electron chi connectivity index (χ3n) is 4.40. The minimum Gasteiger partial charge on any atom is -0.422 e. The molecule has 3 aromatic rings. The number of rotatable bonds is 7. The van der Waals surface area contributed by atoms with E-state index in [0.717, 1.165) is 23.6 Å². The predicted octanol–water partition coefficient (Wildman–Crippen LogP) is 4.69. The number of ether oxygens (including phenoxy) is 1. The third-order valence-corrected chi connectivity index (χ3v) is 4.40. The fourth-order valence-corrected chi connectivity index (χ4v) is 2.90. The van der Waals surface area contributed by atoms with Crippen LogP contribution in [0, 0.1) is 0 Å². The molecule has 3 aromatic carbocycles. The van der Waals surface area contributed by atoms with Crippen LogP contribution in [0.1, 0.15) is 18.4 Å². The van der Waals surface area contributed by atoms with Gasteiger partial charge in [-0.15, -0.1) is 0 Å². The summed E-state index contributed by atoms with van der Waals surface area (Å²) in [6.07, 6.45) is 1.19. The highest BCUT2D eigenvalue weighted by atomic mass is 16.5. The first kappa shape index (κ1) is 17.9. The number of aryl methyl sites for hydroxylation is 1. The van der Waals surface area contributed by atoms with Crippen molar-refractivity contribution in [3.63, 3.8) is 0 Å². The highest BCUT2D eigenvalue weighted by Gasteiger charge is 2.19. The fraction of sp³-hybridized carbons (Fsp3) is 0.174. The van der Waals surface area contributed by atoms with E-state index in [9.17, 15) is 9.90 Å². The summed E-state index contributed by atoms with van der Waals surface area (Å²) >= 11 is 0. The molecule has 0 amide bonds. The summed E-state index contributed by atoms with van der Waals surface area (Å²) in [5.74, 6) is -0.112. The summed E-state index contributed by atoms with van der Waals surface area (Å²) in [7, 11) is 0. The molecule has 0 radical (unpaired) electrons. The molecule has 0 aliphatic carbocycles. The first-order chi connectivity index (χ1) is 12.6. The van der Waals surface area contributed by atoms with Gasteiger partial charge in [0.1, 0.15) is 5.75 Å². The van der Waals surface area contributed by atoms with E-state index in [2.05, 4.69) is 18.7 Å². The van der Waals surface area contributed by atoms with Crippen molar-refractivity contribution in [1.29, 1.82) is 0 Å². The van der Waals surface area contributed by atoms with Crippen molar-refractivity contribution < 1.29 is 14.6 Å². The minimum atomic E-state index is -0.902. The molecule has 1 N–H and O–H groups in total. The van der Waals surface area contributed by atoms with Crippen molar-refractivity contribution in [3.05, 3.63) is 90.5 Å². The Hall–Kier alpha value is -2.91. The van der Waals surface area contributed by atoms with Gasteiger partial charge >= 0.3 is 5.97 Å². The van der Waals surface area contributed by atoms with Crippen molar-refractivity contribution in [1.82, 2.24) is 0 Å². The minimum absolute atomic E-state index is 0.0889. The average Bonchev–Trinajstić information content (AvgIpc) is 2.68. The molecule has 0 aliphatic heterocycles. The highest BCUT2D eigenvalue weighted by molar-refractivity contribution is 5.95. The molecule has 0 unspecified atom stereocenters. The normalized spacial score (nSPS) is 11.9. The highest BCUT2D eigenvalue weighted by Crippen LogP contribution is 2.26. The van der Waals surface area contributed by atoms with Crippen LogP contribution in [0.4, 0.5) is 0 Å². The van der Waals surface area contributed by atoms with Gasteiger partial charge in [-0.2, -0.15) is 0 Å². The number of benzene rings is 3. The molecule has 3 rings (SSSR count). The van der Waals surface area contributed by atoms with Gasteiger partial charge in [0.2, 0.25) is 0 Å². The summed E-state index contributed by atoms with van der Waals surface area (Å²) in [5.41, 5.74) is 1.30. The Balaban J connectivity index is 1.57. The van der Waals surface area contributed by atoms with Gasteiger partial charge < -0.3 is 9.84 Å². The Labute approximate surface area is 153 Å². The topological polar surface area (TPSA) is 46.5 Å². The van der Waals surface area contributed by atoms with E-state index in [1.165, 1.54) is 5.56 Å². The number of carbonyl (C=O) groups excluding carboxylic acids is 1. The lowest BCUT2D eigenvalue weighted by Crippen LogP contribution is -2.21. The van der Waals surface area contributed by atoms with E-state index < -0.39 is 12.1 Å². The van der Waals surface area contributed by atoms with Gasteiger partial charge in [0.05, 0.1) is 11.7 Å². The first-order valence-electron chi connectivity index (χ1n) is 8.76. The molecule has 0 bridgehead atoms. The maximum absolute atomic E-state index is 12.3. The lowest BCUT2D eigenvalue weighted by atomic mass is 10.0. The molecule has 0 aromatic heterocycles. The summed E-state index contributed by atoms with van der Waals surface area (Å²) < 4.78 is 5.48. The number of esters is 1. The summed E-state index contributed by atoms with van der Waals surface area (Å²) in [4.78, 5) is 12.3. The van der Waals surface area contributed by atoms with Crippen LogP contribution in [-0.2, 0) is 11.2 Å². The van der Waals surface area contributed by atoms with E-state index in [0.29, 0.717) is 12.2 Å². The van der Waals surface area contributed by atoms with Gasteiger partial charge in [0.15, 0.2) is 0 Å². The summed E-state index contributed by atoms with van der Waals surface area (Å²) in [5, 5.41) is 12.1. The predicted molar refractivity (Wildman–Crippen MR) is 104 cm³/mol. The summed E-state index contributed by atoms with van der Waals surface area (Å²) in [6, 6.07) is 23.3. The number of aliphatic hydroxyl groups excluding tert-OH is 1. The summed E-state index contributed by atoms with van der Waals surface area (Å²) in [6.45, 7) is 3.73. The molecule has 0 spiro atoms. The SMILES string of the molecule is C=C(C(=O)Oc1cccc2ccccc12)[C@@H](O)CCCc1ccccc1. The van der Waals surface area contributed by atoms with Crippen LogP contribution in [0.15, 0.2) is 84.9 Å². The number of fused-ring (bicyclic) bond motifs is 1. The standard InChI is InChI=1S/C23H22O3/c1-17(21(24)15-7-11-18-9-3-2-4-10-18)23(25)26-22-16-8-13-19-12-5-6-14-20(19)22/h2-6,8-10,12-14,16,21,24H,1,7,11,15H2/t21-/m0/s1. The largest absolute Gasteiger partial charge is 0.422 e. The number of aliphatic hydroxyl groups is 1. The molecule has 1 atom stereocenters. The number of hydrogen-bond acceptors (Lipinski definition) is 3. The second kappa shape index (κ2) is 8.45. The third kappa shape index (κ3) is 4.38. The van der Waals surface area contributed by atoms with Gasteiger partial charge in [-0.1, -0.05) is 73.3 Å². The van der Waals surface area contributed by atoms with E-state index in [-0.39, 0.29) is 5.57 Å². The Morgan fingerprint density at radius 1 is 0.962 bits per heavy atom. The van der Waals surface area contributed by atoms with Gasteiger partial charge in [-0.3, -0.25) is 0 Å². The van der Waals surface area contributed by atoms with Crippen molar-refractivity contribution >= 4 is 16.7 Å². The van der Waals surface area contributed by atoms with E-state index >= 15 is 0 Å². The Morgan fingerprint density at radius 3 is 2.46 bits per heavy atom. The maximum Gasteiger partial charge on any atom is 0.341 e. The van der Waals surface area contributed by atoms with Crippen LogP contribution in [0.25, 0.3) is 10.8 Å². The zero-order chi connectivity index (χ0) is 18.4. The van der Waals surface area contributed by atoms with Crippen LogP contribution in [0.2, 0.25) is 0 Å². The van der Waals surface area contributed by atoms with Gasteiger partial charge in [0, 0.05) is 5.39 Å². The molecule has 26 heavy (non-hydrogen) atoms. The molecular weight excluding hydrogens is 324 g/mol. The van der Waals surface area contributed by atoms with Crippen LogP contribution in [0.3, 0.4) is 0 Å². The van der Waals surface area contributed by atoms with Gasteiger partial charge in [0.25, 0.3) is 0 Å². The Bertz CT molecular complexity index is 894. The lowest BCUT2D eigenvalue weighted by molar-refractivity contribution is -0.131. The monoisotopic (exact) mass is 346 g/mol. The van der Waals surface area contributed by atoms with E-state index in [1.54, 1.807) is 6.07 Å². The smallest absolute Gasteiger partial charge is 0.341 e. The maximum atomic E-state index is 12.3. The van der Waals surface area contributed by atoms with E-state index in [1.807, 2.05) is 54.6 Å². The molecule has 3 heteroatoms. The Kier molecular flexibility index (Phi) is 5.82. The fourth-order valence-electron chi connectivity index (χ4n) is 2.90. The first-order valence-corrected chi connectivity index (χ1v) is 8.76. The van der Waals surface area contributed by atoms with Crippen molar-refractivity contribution in [2.45, 2.75) is 25.4 Å². The zero-order valence-electron chi connectivity index (χ0n) is 14.6. The van der Waals surface area contributed by atoms with Crippen molar-refractivity contribution in [2.24, 2.45) is 0 Å². The molecule has 132 valence electrons. The second-order valence-electron chi connectivity index (χ2n) is 6.29. The Morgan fingerprint density at radius 2 is 1.65 bits per heavy atom. The lowest BCUT2D eigenvalue weighted by Gasteiger charge is -2.14. The van der Waals surface area contributed by atoms with Gasteiger partial charge in [-0.25, -0.2) is 4.79 Å². The van der Waals surface area contributed by atoms with Crippen molar-refractivity contribution in [3.8, 4) is 5.75 Å². The number of hydrogen-bond donors (Lipinski definition) is 1. The van der Waals surface area contributed by atoms with Crippen LogP contribution < -0.4 is 4.74 Å². The van der Waals surface area contributed by atoms with Crippen LogP contribution in [0.5, 0.6) is 5.75 Å². The second-order valence-corrected chi connectivity index (χ2v) is 6.29. The molecule has 0 fully saturated rings. The van der Waals surface area contributed by atoms with Crippen molar-refractivity contribution in [2.75, 3.05) is 0 Å². The molecule has 0 saturated heterocycles. The van der Waals surface area contributed by atoms with E-state index in [4.69, 9.17) is 4.74 Å². The van der Waals surface area contributed by atoms with Crippen LogP contribution in [-0.4, -0.2) is 17.2 Å². The zero-order valence-corrected chi connectivity index (χ0v) is 14.6. The number of carbonyl (C=O) groups is 1. The van der Waals surface area contributed by atoms with Gasteiger partial charge in [-0.05, 0) is 36.3 Å². The molecule has 0 saturated carbocycles.